The van der Waals surface area contributed by atoms with Crippen molar-refractivity contribution in [3.8, 4) is 11.5 Å². The Kier molecular flexibility index (Phi) is 8.87. The van der Waals surface area contributed by atoms with Crippen LogP contribution in [0, 0.1) is 0 Å². The van der Waals surface area contributed by atoms with Gasteiger partial charge in [-0.2, -0.15) is 0 Å². The summed E-state index contributed by atoms with van der Waals surface area (Å²) in [5, 5.41) is 2.84. The van der Waals surface area contributed by atoms with Crippen LogP contribution in [0.25, 0.3) is 0 Å². The Bertz CT molecular complexity index is 978. The maximum Gasteiger partial charge on any atom is 0.254 e. The van der Waals surface area contributed by atoms with Crippen LogP contribution in [-0.4, -0.2) is 43.2 Å². The Hall–Kier alpha value is -2.42. The molecule has 3 aromatic rings. The third kappa shape index (κ3) is 7.05. The van der Waals surface area contributed by atoms with Gasteiger partial charge in [0, 0.05) is 35.7 Å². The molecule has 2 aromatic carbocycles. The largest absolute Gasteiger partial charge is 0.497 e. The molecular weight excluding hydrogens is 480 g/mol. The van der Waals surface area contributed by atoms with Crippen molar-refractivity contribution in [3.63, 3.8) is 0 Å². The van der Waals surface area contributed by atoms with Gasteiger partial charge in [-0.15, -0.1) is 11.3 Å². The predicted octanol–water partition coefficient (Wildman–Crippen LogP) is 5.17. The van der Waals surface area contributed by atoms with Crippen molar-refractivity contribution in [1.29, 1.82) is 0 Å². The molecule has 1 aromatic heterocycles. The number of carbonyl (C=O) groups is 1. The van der Waals surface area contributed by atoms with Gasteiger partial charge in [0.15, 0.2) is 0 Å². The van der Waals surface area contributed by atoms with Crippen LogP contribution in [0.4, 0.5) is 0 Å². The van der Waals surface area contributed by atoms with Gasteiger partial charge in [-0.3, -0.25) is 4.79 Å². The third-order valence-corrected chi connectivity index (χ3v) is 5.87. The second-order valence-electron chi connectivity index (χ2n) is 6.78. The first-order valence-corrected chi connectivity index (χ1v) is 11.5. The number of rotatable bonds is 11. The van der Waals surface area contributed by atoms with Gasteiger partial charge in [-0.1, -0.05) is 22.0 Å². The normalized spacial score (nSPS) is 10.7. The summed E-state index contributed by atoms with van der Waals surface area (Å²) >= 11 is 4.96. The molecule has 3 rings (SSSR count). The lowest BCUT2D eigenvalue weighted by atomic mass is 10.2. The minimum atomic E-state index is -0.0264. The summed E-state index contributed by atoms with van der Waals surface area (Å²) in [4.78, 5) is 19.5. The number of halogens is 1. The average molecular weight is 505 g/mol. The third-order valence-electron chi connectivity index (χ3n) is 4.51. The molecule has 0 aliphatic carbocycles. The average Bonchev–Trinajstić information content (AvgIpc) is 3.24. The zero-order valence-corrected chi connectivity index (χ0v) is 19.9. The number of ether oxygens (including phenoxy) is 3. The van der Waals surface area contributed by atoms with Crippen LogP contribution in [0.1, 0.15) is 27.5 Å². The van der Waals surface area contributed by atoms with Crippen LogP contribution in [0.2, 0.25) is 0 Å². The molecule has 0 radical (unpaired) electrons. The van der Waals surface area contributed by atoms with E-state index in [1.165, 1.54) is 11.3 Å². The van der Waals surface area contributed by atoms with Crippen molar-refractivity contribution in [2.75, 3.05) is 27.4 Å². The van der Waals surface area contributed by atoms with Crippen LogP contribution in [-0.2, 0) is 17.9 Å². The molecule has 0 saturated heterocycles. The first kappa shape index (κ1) is 23.2. The van der Waals surface area contributed by atoms with Crippen molar-refractivity contribution in [2.24, 2.45) is 0 Å². The molecule has 0 aliphatic rings. The fourth-order valence-electron chi connectivity index (χ4n) is 2.96. The molecule has 1 amide bonds. The van der Waals surface area contributed by atoms with Gasteiger partial charge >= 0.3 is 0 Å². The minimum Gasteiger partial charge on any atom is -0.497 e. The Morgan fingerprint density at radius 2 is 1.90 bits per heavy atom. The van der Waals surface area contributed by atoms with Crippen LogP contribution < -0.4 is 9.47 Å². The lowest BCUT2D eigenvalue weighted by Gasteiger charge is -2.22. The Morgan fingerprint density at radius 3 is 2.61 bits per heavy atom. The number of methoxy groups -OCH3 is 2. The minimum absolute atomic E-state index is 0.0264. The summed E-state index contributed by atoms with van der Waals surface area (Å²) in [7, 11) is 3.29. The van der Waals surface area contributed by atoms with Crippen LogP contribution in [0.15, 0.2) is 58.4 Å². The smallest absolute Gasteiger partial charge is 0.254 e. The SMILES string of the molecule is COCCCN(Cc1csc(COc2ccc(OC)cc2)n1)C(=O)c1cccc(Br)c1. The highest BCUT2D eigenvalue weighted by Gasteiger charge is 2.18. The van der Waals surface area contributed by atoms with E-state index in [9.17, 15) is 4.79 Å². The van der Waals surface area contributed by atoms with Crippen LogP contribution in [0.3, 0.4) is 0 Å². The standard InChI is InChI=1S/C23H25BrN2O4S/c1-28-12-4-11-26(23(27)17-5-3-6-18(24)13-17)14-19-16-31-22(25-19)15-30-21-9-7-20(29-2)8-10-21/h3,5-10,13,16H,4,11-12,14-15H2,1-2H3. The molecule has 0 bridgehead atoms. The molecule has 164 valence electrons. The van der Waals surface area contributed by atoms with Crippen molar-refractivity contribution in [3.05, 3.63) is 74.6 Å². The molecule has 0 N–H and O–H groups in total. The highest BCUT2D eigenvalue weighted by Crippen LogP contribution is 2.20. The van der Waals surface area contributed by atoms with Gasteiger partial charge < -0.3 is 19.1 Å². The van der Waals surface area contributed by atoms with Crippen molar-refractivity contribution in [1.82, 2.24) is 9.88 Å². The molecule has 0 spiro atoms. The molecule has 31 heavy (non-hydrogen) atoms. The molecular formula is C23H25BrN2O4S. The summed E-state index contributed by atoms with van der Waals surface area (Å²) in [6.45, 7) is 2.00. The van der Waals surface area contributed by atoms with E-state index in [1.807, 2.05) is 58.8 Å². The molecule has 8 heteroatoms. The topological polar surface area (TPSA) is 60.9 Å². The zero-order valence-electron chi connectivity index (χ0n) is 17.5. The number of thiazole rings is 1. The van der Waals surface area contributed by atoms with E-state index in [0.29, 0.717) is 31.9 Å². The summed E-state index contributed by atoms with van der Waals surface area (Å²) in [5.74, 6) is 1.51. The molecule has 6 nitrogen and oxygen atoms in total. The summed E-state index contributed by atoms with van der Waals surface area (Å²) < 4.78 is 17.0. The lowest BCUT2D eigenvalue weighted by molar-refractivity contribution is 0.0721. The fourth-order valence-corrected chi connectivity index (χ4v) is 4.05. The molecule has 0 unspecified atom stereocenters. The summed E-state index contributed by atoms with van der Waals surface area (Å²) in [6, 6.07) is 14.9. The molecule has 0 saturated carbocycles. The number of aromatic nitrogens is 1. The first-order valence-electron chi connectivity index (χ1n) is 9.83. The van der Waals surface area contributed by atoms with Crippen molar-refractivity contribution in [2.45, 2.75) is 19.6 Å². The maximum atomic E-state index is 13.1. The molecule has 0 fully saturated rings. The van der Waals surface area contributed by atoms with Gasteiger partial charge in [0.2, 0.25) is 0 Å². The summed E-state index contributed by atoms with van der Waals surface area (Å²) in [5.41, 5.74) is 1.49. The number of nitrogens with zero attached hydrogens (tertiary/aromatic N) is 2. The molecule has 1 heterocycles. The highest BCUT2D eigenvalue weighted by molar-refractivity contribution is 9.10. The predicted molar refractivity (Wildman–Crippen MR) is 125 cm³/mol. The van der Waals surface area contributed by atoms with E-state index in [2.05, 4.69) is 20.9 Å². The van der Waals surface area contributed by atoms with Gasteiger partial charge in [-0.05, 0) is 48.9 Å². The van der Waals surface area contributed by atoms with E-state index in [-0.39, 0.29) is 5.91 Å². The first-order chi connectivity index (χ1) is 15.1. The van der Waals surface area contributed by atoms with Gasteiger partial charge in [0.1, 0.15) is 23.1 Å². The fraction of sp³-hybridized carbons (Fsp3) is 0.304. The Labute approximate surface area is 194 Å². The Morgan fingerprint density at radius 1 is 1.13 bits per heavy atom. The summed E-state index contributed by atoms with van der Waals surface area (Å²) in [6.07, 6.45) is 0.758. The zero-order chi connectivity index (χ0) is 22.1. The number of hydrogen-bond acceptors (Lipinski definition) is 6. The number of benzene rings is 2. The number of carbonyl (C=O) groups excluding carboxylic acids is 1. The van der Waals surface area contributed by atoms with Gasteiger partial charge in [0.25, 0.3) is 5.91 Å². The second-order valence-corrected chi connectivity index (χ2v) is 8.64. The second kappa shape index (κ2) is 11.8. The highest BCUT2D eigenvalue weighted by atomic mass is 79.9. The molecule has 0 atom stereocenters. The van der Waals surface area contributed by atoms with Crippen molar-refractivity contribution < 1.29 is 19.0 Å². The number of amides is 1. The van der Waals surface area contributed by atoms with Gasteiger partial charge in [-0.25, -0.2) is 4.98 Å². The maximum absolute atomic E-state index is 13.1. The quantitative estimate of drug-likeness (QED) is 0.337. The Balaban J connectivity index is 1.63. The molecule has 0 aliphatic heterocycles. The van der Waals surface area contributed by atoms with E-state index < -0.39 is 0 Å². The van der Waals surface area contributed by atoms with Crippen molar-refractivity contribution >= 4 is 33.2 Å². The van der Waals surface area contributed by atoms with E-state index >= 15 is 0 Å². The van der Waals surface area contributed by atoms with E-state index in [0.717, 1.165) is 33.1 Å². The lowest BCUT2D eigenvalue weighted by Crippen LogP contribution is -2.32. The monoisotopic (exact) mass is 504 g/mol. The van der Waals surface area contributed by atoms with Crippen LogP contribution in [0.5, 0.6) is 11.5 Å². The van der Waals surface area contributed by atoms with Crippen LogP contribution >= 0.6 is 27.3 Å². The van der Waals surface area contributed by atoms with E-state index in [4.69, 9.17) is 14.2 Å². The van der Waals surface area contributed by atoms with E-state index in [1.54, 1.807) is 14.2 Å². The number of hydrogen-bond donors (Lipinski definition) is 0. The van der Waals surface area contributed by atoms with Gasteiger partial charge in [0.05, 0.1) is 19.3 Å².